The first-order valence-corrected chi connectivity index (χ1v) is 8.07. The molecule has 1 aromatic carbocycles. The first-order valence-electron chi connectivity index (χ1n) is 6.92. The van der Waals surface area contributed by atoms with Crippen LogP contribution in [0.5, 0.6) is 0 Å². The second-order valence-corrected chi connectivity index (χ2v) is 6.08. The molecule has 22 heavy (non-hydrogen) atoms. The van der Waals surface area contributed by atoms with Gasteiger partial charge in [-0.05, 0) is 24.3 Å². The van der Waals surface area contributed by atoms with E-state index in [4.69, 9.17) is 10.2 Å². The standard InChI is InChI=1S/C15H16FN3O2S/c1-9-18-13(15(20)19-8-22-7-12(19)6-17)14(21-9)10-2-4-11(16)5-3-10/h2-5,12H,6-8,17H2,1H3/t12-/m1/s1. The number of aromatic nitrogens is 1. The van der Waals surface area contributed by atoms with E-state index in [1.54, 1.807) is 35.7 Å². The fourth-order valence-electron chi connectivity index (χ4n) is 2.41. The van der Waals surface area contributed by atoms with Gasteiger partial charge >= 0.3 is 0 Å². The Morgan fingerprint density at radius 3 is 2.91 bits per heavy atom. The highest BCUT2D eigenvalue weighted by Gasteiger charge is 2.32. The molecule has 1 atom stereocenters. The highest BCUT2D eigenvalue weighted by atomic mass is 32.2. The van der Waals surface area contributed by atoms with Crippen LogP contribution in [0.25, 0.3) is 11.3 Å². The molecule has 2 heterocycles. The van der Waals surface area contributed by atoms with E-state index in [0.29, 0.717) is 29.6 Å². The van der Waals surface area contributed by atoms with E-state index >= 15 is 0 Å². The quantitative estimate of drug-likeness (QED) is 0.939. The van der Waals surface area contributed by atoms with Crippen LogP contribution in [-0.2, 0) is 0 Å². The van der Waals surface area contributed by atoms with Crippen molar-refractivity contribution in [2.45, 2.75) is 13.0 Å². The summed E-state index contributed by atoms with van der Waals surface area (Å²) < 4.78 is 18.6. The summed E-state index contributed by atoms with van der Waals surface area (Å²) in [5.74, 6) is 1.65. The largest absolute Gasteiger partial charge is 0.440 e. The van der Waals surface area contributed by atoms with Crippen molar-refractivity contribution in [2.24, 2.45) is 5.73 Å². The van der Waals surface area contributed by atoms with Crippen molar-refractivity contribution in [2.75, 3.05) is 18.2 Å². The lowest BCUT2D eigenvalue weighted by atomic mass is 10.1. The Morgan fingerprint density at radius 2 is 2.23 bits per heavy atom. The fraction of sp³-hybridized carbons (Fsp3) is 0.333. The molecule has 7 heteroatoms. The second-order valence-electron chi connectivity index (χ2n) is 5.08. The van der Waals surface area contributed by atoms with Crippen LogP contribution in [0.3, 0.4) is 0 Å². The molecule has 1 fully saturated rings. The lowest BCUT2D eigenvalue weighted by Crippen LogP contribution is -2.41. The van der Waals surface area contributed by atoms with Gasteiger partial charge in [-0.1, -0.05) is 0 Å². The van der Waals surface area contributed by atoms with E-state index in [0.717, 1.165) is 5.75 Å². The average Bonchev–Trinajstić information content (AvgIpc) is 3.13. The molecule has 1 aliphatic rings. The Morgan fingerprint density at radius 1 is 1.50 bits per heavy atom. The van der Waals surface area contributed by atoms with Crippen LogP contribution in [0.4, 0.5) is 4.39 Å². The highest BCUT2D eigenvalue weighted by Crippen LogP contribution is 2.29. The van der Waals surface area contributed by atoms with Crippen molar-refractivity contribution in [1.82, 2.24) is 9.88 Å². The van der Waals surface area contributed by atoms with Gasteiger partial charge in [0.05, 0.1) is 11.9 Å². The molecule has 2 N–H and O–H groups in total. The summed E-state index contributed by atoms with van der Waals surface area (Å²) in [6.45, 7) is 2.10. The van der Waals surface area contributed by atoms with Gasteiger partial charge < -0.3 is 15.1 Å². The predicted molar refractivity (Wildman–Crippen MR) is 83.0 cm³/mol. The van der Waals surface area contributed by atoms with Gasteiger partial charge in [0.15, 0.2) is 17.3 Å². The second kappa shape index (κ2) is 6.10. The summed E-state index contributed by atoms with van der Waals surface area (Å²) in [6, 6.07) is 5.82. The average molecular weight is 321 g/mol. The third-order valence-corrected chi connectivity index (χ3v) is 4.64. The lowest BCUT2D eigenvalue weighted by Gasteiger charge is -2.21. The zero-order valence-corrected chi connectivity index (χ0v) is 12.9. The number of nitrogens with zero attached hydrogens (tertiary/aromatic N) is 2. The molecular formula is C15H16FN3O2S. The van der Waals surface area contributed by atoms with Gasteiger partial charge in [0.2, 0.25) is 0 Å². The van der Waals surface area contributed by atoms with Crippen LogP contribution in [0.2, 0.25) is 0 Å². The smallest absolute Gasteiger partial charge is 0.277 e. The third-order valence-electron chi connectivity index (χ3n) is 3.56. The van der Waals surface area contributed by atoms with E-state index in [2.05, 4.69) is 4.98 Å². The van der Waals surface area contributed by atoms with E-state index in [-0.39, 0.29) is 23.5 Å². The van der Waals surface area contributed by atoms with E-state index in [9.17, 15) is 9.18 Å². The number of rotatable bonds is 3. The molecule has 116 valence electrons. The molecule has 5 nitrogen and oxygen atoms in total. The minimum atomic E-state index is -0.341. The van der Waals surface area contributed by atoms with Gasteiger partial charge in [-0.2, -0.15) is 0 Å². The maximum atomic E-state index is 13.1. The number of oxazole rings is 1. The topological polar surface area (TPSA) is 72.4 Å². The van der Waals surface area contributed by atoms with Crippen LogP contribution in [0, 0.1) is 12.7 Å². The molecule has 0 saturated carbocycles. The number of carbonyl (C=O) groups excluding carboxylic acids is 1. The van der Waals surface area contributed by atoms with Crippen molar-refractivity contribution in [1.29, 1.82) is 0 Å². The van der Waals surface area contributed by atoms with E-state index < -0.39 is 0 Å². The zero-order valence-electron chi connectivity index (χ0n) is 12.1. The van der Waals surface area contributed by atoms with E-state index in [1.807, 2.05) is 0 Å². The summed E-state index contributed by atoms with van der Waals surface area (Å²) in [5.41, 5.74) is 6.60. The number of halogens is 1. The number of carbonyl (C=O) groups is 1. The fourth-order valence-corrected chi connectivity index (χ4v) is 3.63. The monoisotopic (exact) mass is 321 g/mol. The van der Waals surface area contributed by atoms with Crippen LogP contribution in [0.1, 0.15) is 16.4 Å². The molecule has 2 aromatic rings. The van der Waals surface area contributed by atoms with Gasteiger partial charge in [-0.15, -0.1) is 11.8 Å². The van der Waals surface area contributed by atoms with Crippen LogP contribution < -0.4 is 5.73 Å². The van der Waals surface area contributed by atoms with Crippen molar-refractivity contribution in [3.8, 4) is 11.3 Å². The summed E-state index contributed by atoms with van der Waals surface area (Å²) in [7, 11) is 0. The number of amides is 1. The Bertz CT molecular complexity index is 687. The Labute approximate surface area is 131 Å². The molecule has 1 aliphatic heterocycles. The number of hydrogen-bond acceptors (Lipinski definition) is 5. The van der Waals surface area contributed by atoms with Crippen molar-refractivity contribution in [3.05, 3.63) is 41.7 Å². The van der Waals surface area contributed by atoms with E-state index in [1.165, 1.54) is 12.1 Å². The summed E-state index contributed by atoms with van der Waals surface area (Å²) >= 11 is 1.67. The number of thioether (sulfide) groups is 1. The number of hydrogen-bond donors (Lipinski definition) is 1. The first kappa shape index (κ1) is 15.1. The molecule has 1 saturated heterocycles. The minimum absolute atomic E-state index is 0.00979. The molecular weight excluding hydrogens is 305 g/mol. The SMILES string of the molecule is Cc1nc(C(=O)N2CSC[C@H]2CN)c(-c2ccc(F)cc2)o1. The third kappa shape index (κ3) is 2.74. The predicted octanol–water partition coefficient (Wildman–Crippen LogP) is 2.26. The van der Waals surface area contributed by atoms with Crippen molar-refractivity contribution >= 4 is 17.7 Å². The maximum absolute atomic E-state index is 13.1. The molecule has 3 rings (SSSR count). The minimum Gasteiger partial charge on any atom is -0.440 e. The van der Waals surface area contributed by atoms with Crippen molar-refractivity contribution < 1.29 is 13.6 Å². The van der Waals surface area contributed by atoms with Gasteiger partial charge in [-0.3, -0.25) is 4.79 Å². The van der Waals surface area contributed by atoms with Gasteiger partial charge in [0, 0.05) is 24.8 Å². The van der Waals surface area contributed by atoms with Gasteiger partial charge in [0.1, 0.15) is 5.82 Å². The summed E-state index contributed by atoms with van der Waals surface area (Å²) in [5, 5.41) is 0. The summed E-state index contributed by atoms with van der Waals surface area (Å²) in [4.78, 5) is 18.7. The Balaban J connectivity index is 1.97. The van der Waals surface area contributed by atoms with Crippen LogP contribution in [-0.4, -0.2) is 40.0 Å². The molecule has 0 aliphatic carbocycles. The normalized spacial score (nSPS) is 18.0. The van der Waals surface area contributed by atoms with Gasteiger partial charge in [0.25, 0.3) is 5.91 Å². The molecule has 0 unspecified atom stereocenters. The molecule has 0 radical (unpaired) electrons. The molecule has 0 spiro atoms. The number of nitrogens with two attached hydrogens (primary N) is 1. The molecule has 0 bridgehead atoms. The first-order chi connectivity index (χ1) is 10.6. The highest BCUT2D eigenvalue weighted by molar-refractivity contribution is 7.99. The van der Waals surface area contributed by atoms with Crippen LogP contribution in [0.15, 0.2) is 28.7 Å². The zero-order chi connectivity index (χ0) is 15.7. The lowest BCUT2D eigenvalue weighted by molar-refractivity contribution is 0.0747. The molecule has 1 aromatic heterocycles. The molecule has 1 amide bonds. The van der Waals surface area contributed by atoms with Crippen molar-refractivity contribution in [3.63, 3.8) is 0 Å². The van der Waals surface area contributed by atoms with Gasteiger partial charge in [-0.25, -0.2) is 9.37 Å². The Hall–Kier alpha value is -1.86. The Kier molecular flexibility index (Phi) is 4.17. The summed E-state index contributed by atoms with van der Waals surface area (Å²) in [6.07, 6.45) is 0. The number of aryl methyl sites for hydroxylation is 1. The maximum Gasteiger partial charge on any atom is 0.277 e. The van der Waals surface area contributed by atoms with Crippen LogP contribution >= 0.6 is 11.8 Å². The number of benzene rings is 1.